The molecule has 0 atom stereocenters. The highest BCUT2D eigenvalue weighted by molar-refractivity contribution is 6.08. The lowest BCUT2D eigenvalue weighted by atomic mass is 9.72. The van der Waals surface area contributed by atoms with Gasteiger partial charge in [0.1, 0.15) is 17.0 Å². The number of carbonyl (C=O) groups excluding carboxylic acids is 2. The lowest BCUT2D eigenvalue weighted by molar-refractivity contribution is -0.0610. The molecule has 2 amide bonds. The summed E-state index contributed by atoms with van der Waals surface area (Å²) in [5, 5.41) is 11.2. The van der Waals surface area contributed by atoms with Gasteiger partial charge in [-0.1, -0.05) is 0 Å². The third-order valence-electron chi connectivity index (χ3n) is 10.5. The van der Waals surface area contributed by atoms with Crippen molar-refractivity contribution in [3.8, 4) is 0 Å². The van der Waals surface area contributed by atoms with Crippen molar-refractivity contribution in [3.05, 3.63) is 35.9 Å². The highest BCUT2D eigenvalue weighted by atomic mass is 19.3. The maximum atomic E-state index is 14.1. The zero-order chi connectivity index (χ0) is 34.3. The van der Waals surface area contributed by atoms with Crippen molar-refractivity contribution >= 4 is 29.2 Å². The van der Waals surface area contributed by atoms with E-state index in [2.05, 4.69) is 30.3 Å². The van der Waals surface area contributed by atoms with Gasteiger partial charge in [0.15, 0.2) is 11.3 Å². The zero-order valence-electron chi connectivity index (χ0n) is 28.6. The van der Waals surface area contributed by atoms with Gasteiger partial charge in [-0.15, -0.1) is 0 Å². The SMILES string of the molecule is CC(C)(C)OC(=O)N1CC2(CCN(CC3CCC(n4cc(NC(=O)c5cnn6ccc(N7CCOCC7)nc56)c(C(F)F)n4)CC3)CC2)C1. The Hall–Kier alpha value is -3.85. The second-order valence-corrected chi connectivity index (χ2v) is 15.2. The maximum Gasteiger partial charge on any atom is 0.410 e. The number of amides is 2. The van der Waals surface area contributed by atoms with Crippen LogP contribution in [0.1, 0.15) is 87.8 Å². The van der Waals surface area contributed by atoms with E-state index >= 15 is 0 Å². The summed E-state index contributed by atoms with van der Waals surface area (Å²) in [5.41, 5.74) is -0.137. The van der Waals surface area contributed by atoms with E-state index in [9.17, 15) is 18.4 Å². The molecule has 1 aliphatic carbocycles. The molecule has 0 aromatic carbocycles. The summed E-state index contributed by atoms with van der Waals surface area (Å²) in [5.74, 6) is 0.686. The number of likely N-dealkylation sites (tertiary alicyclic amines) is 2. The summed E-state index contributed by atoms with van der Waals surface area (Å²) in [6.07, 6.45) is 7.46. The summed E-state index contributed by atoms with van der Waals surface area (Å²) in [6.45, 7) is 12.9. The molecule has 1 N–H and O–H groups in total. The molecule has 266 valence electrons. The van der Waals surface area contributed by atoms with Crippen LogP contribution in [0.5, 0.6) is 0 Å². The molecule has 1 spiro atoms. The molecule has 6 heterocycles. The van der Waals surface area contributed by atoms with E-state index in [-0.39, 0.29) is 28.8 Å². The first-order valence-corrected chi connectivity index (χ1v) is 17.5. The Labute approximate surface area is 284 Å². The van der Waals surface area contributed by atoms with E-state index in [1.807, 2.05) is 31.7 Å². The standard InChI is InChI=1S/C34H47F2N9O4/c1-33(2,3)49-32(47)43-21-34(22-43)9-12-41(13-10-34)19-23-4-6-24(7-5-23)45-20-26(28(40-45)29(35)36)38-31(46)25-18-37-44-11-8-27(39-30(25)44)42-14-16-48-17-15-42/h8,11,18,20,23-24,29H,4-7,9-10,12-17,19,21-22H2,1-3H3,(H,38,46). The largest absolute Gasteiger partial charge is 0.444 e. The average molecular weight is 684 g/mol. The highest BCUT2D eigenvalue weighted by Crippen LogP contribution is 2.42. The number of anilines is 2. The molecular weight excluding hydrogens is 636 g/mol. The fourth-order valence-electron chi connectivity index (χ4n) is 7.73. The first-order valence-electron chi connectivity index (χ1n) is 17.5. The number of hydrogen-bond acceptors (Lipinski definition) is 9. The third-order valence-corrected chi connectivity index (χ3v) is 10.5. The van der Waals surface area contributed by atoms with Crippen LogP contribution in [0.25, 0.3) is 5.65 Å². The van der Waals surface area contributed by atoms with Crippen molar-refractivity contribution in [1.82, 2.24) is 34.2 Å². The van der Waals surface area contributed by atoms with Gasteiger partial charge in [0.2, 0.25) is 0 Å². The number of aromatic nitrogens is 5. The van der Waals surface area contributed by atoms with Crippen molar-refractivity contribution in [2.24, 2.45) is 11.3 Å². The predicted molar refractivity (Wildman–Crippen MR) is 178 cm³/mol. The number of fused-ring (bicyclic) bond motifs is 1. The first kappa shape index (κ1) is 33.6. The summed E-state index contributed by atoms with van der Waals surface area (Å²) < 4.78 is 42.4. The lowest BCUT2D eigenvalue weighted by Crippen LogP contribution is -2.62. The maximum absolute atomic E-state index is 14.1. The van der Waals surface area contributed by atoms with E-state index in [1.54, 1.807) is 17.1 Å². The molecule has 13 nitrogen and oxygen atoms in total. The predicted octanol–water partition coefficient (Wildman–Crippen LogP) is 5.02. The molecule has 7 rings (SSSR count). The van der Waals surface area contributed by atoms with Gasteiger partial charge in [0.25, 0.3) is 12.3 Å². The number of nitrogens with one attached hydrogen (secondary N) is 1. The number of carbonyl (C=O) groups is 2. The van der Waals surface area contributed by atoms with Crippen molar-refractivity contribution < 1.29 is 27.8 Å². The Bertz CT molecular complexity index is 1640. The number of nitrogens with zero attached hydrogens (tertiary/aromatic N) is 8. The Balaban J connectivity index is 0.919. The fourth-order valence-corrected chi connectivity index (χ4v) is 7.73. The van der Waals surface area contributed by atoms with Gasteiger partial charge < -0.3 is 29.5 Å². The van der Waals surface area contributed by atoms with Crippen LogP contribution in [0.2, 0.25) is 0 Å². The molecule has 3 aromatic rings. The quantitative estimate of drug-likeness (QED) is 0.366. The number of rotatable bonds is 7. The third kappa shape index (κ3) is 7.37. The van der Waals surface area contributed by atoms with Crippen LogP contribution in [-0.2, 0) is 9.47 Å². The highest BCUT2D eigenvalue weighted by Gasteiger charge is 2.48. The number of hydrogen-bond donors (Lipinski definition) is 1. The van der Waals surface area contributed by atoms with Crippen LogP contribution in [0.3, 0.4) is 0 Å². The van der Waals surface area contributed by atoms with Crippen molar-refractivity contribution in [3.63, 3.8) is 0 Å². The van der Waals surface area contributed by atoms with E-state index in [0.29, 0.717) is 43.7 Å². The summed E-state index contributed by atoms with van der Waals surface area (Å²) in [4.78, 5) is 36.9. The van der Waals surface area contributed by atoms with E-state index in [4.69, 9.17) is 9.47 Å². The molecule has 4 aliphatic rings. The molecule has 3 aliphatic heterocycles. The van der Waals surface area contributed by atoms with E-state index in [1.165, 1.54) is 10.7 Å². The molecular formula is C34H47F2N9O4. The van der Waals surface area contributed by atoms with Gasteiger partial charge in [-0.2, -0.15) is 10.2 Å². The van der Waals surface area contributed by atoms with Gasteiger partial charge in [-0.25, -0.2) is 23.1 Å². The smallest absolute Gasteiger partial charge is 0.410 e. The zero-order valence-corrected chi connectivity index (χ0v) is 28.6. The number of alkyl halides is 2. The van der Waals surface area contributed by atoms with Crippen molar-refractivity contribution in [2.45, 2.75) is 77.4 Å². The number of piperidine rings is 1. The van der Waals surface area contributed by atoms with Crippen LogP contribution in [0.4, 0.5) is 25.1 Å². The summed E-state index contributed by atoms with van der Waals surface area (Å²) in [6, 6.07) is 1.83. The minimum absolute atomic E-state index is 0.00688. The van der Waals surface area contributed by atoms with Crippen molar-refractivity contribution in [1.29, 1.82) is 0 Å². The second kappa shape index (κ2) is 13.5. The van der Waals surface area contributed by atoms with E-state index < -0.39 is 23.6 Å². The molecule has 0 radical (unpaired) electrons. The van der Waals surface area contributed by atoms with Crippen LogP contribution in [-0.4, -0.2) is 111 Å². The van der Waals surface area contributed by atoms with Gasteiger partial charge >= 0.3 is 6.09 Å². The molecule has 15 heteroatoms. The second-order valence-electron chi connectivity index (χ2n) is 15.2. The Kier molecular flexibility index (Phi) is 9.24. The normalized spacial score (nSPS) is 23.2. The van der Waals surface area contributed by atoms with Gasteiger partial charge in [-0.05, 0) is 84.4 Å². The average Bonchev–Trinajstić information content (AvgIpc) is 3.68. The molecule has 0 bridgehead atoms. The molecule has 1 saturated carbocycles. The minimum Gasteiger partial charge on any atom is -0.444 e. The number of morpholine rings is 1. The van der Waals surface area contributed by atoms with Crippen molar-refractivity contribution in [2.75, 3.05) is 69.2 Å². The Morgan fingerprint density at radius 2 is 1.80 bits per heavy atom. The summed E-state index contributed by atoms with van der Waals surface area (Å²) >= 11 is 0. The molecule has 49 heavy (non-hydrogen) atoms. The van der Waals surface area contributed by atoms with Gasteiger partial charge in [0.05, 0.1) is 31.1 Å². The number of halogens is 2. The molecule has 3 saturated heterocycles. The molecule has 3 aromatic heterocycles. The topological polar surface area (TPSA) is 122 Å². The van der Waals surface area contributed by atoms with Gasteiger partial charge in [0, 0.05) is 50.5 Å². The van der Waals surface area contributed by atoms with Crippen LogP contribution < -0.4 is 10.2 Å². The molecule has 4 fully saturated rings. The van der Waals surface area contributed by atoms with Crippen LogP contribution >= 0.6 is 0 Å². The number of ether oxygens (including phenoxy) is 2. The Morgan fingerprint density at radius 1 is 1.08 bits per heavy atom. The monoisotopic (exact) mass is 683 g/mol. The molecule has 0 unspecified atom stereocenters. The van der Waals surface area contributed by atoms with Gasteiger partial charge in [-0.3, -0.25) is 9.48 Å². The Morgan fingerprint density at radius 3 is 2.47 bits per heavy atom. The van der Waals surface area contributed by atoms with Crippen LogP contribution in [0, 0.1) is 11.3 Å². The van der Waals surface area contributed by atoms with E-state index in [0.717, 1.165) is 71.2 Å². The fraction of sp³-hybridized carbons (Fsp3) is 0.676. The lowest BCUT2D eigenvalue weighted by Gasteiger charge is -2.54. The summed E-state index contributed by atoms with van der Waals surface area (Å²) in [7, 11) is 0. The van der Waals surface area contributed by atoms with Crippen LogP contribution in [0.15, 0.2) is 24.7 Å². The minimum atomic E-state index is -2.84. The first-order chi connectivity index (χ1) is 23.5.